The number of carbonyl (C=O) groups excluding carboxylic acids is 1. The standard InChI is InChI=1S/C19H32N4O2/c1-5-20-19(22-14-12-18(24)23(3)4)21-13-9-15-25-16(2)17-10-7-6-8-11-17/h6-8,10-11,16H,5,9,12-15H2,1-4H3,(H2,20,21,22). The molecule has 1 aromatic rings. The van der Waals surface area contributed by atoms with Gasteiger partial charge in [-0.2, -0.15) is 0 Å². The van der Waals surface area contributed by atoms with E-state index in [4.69, 9.17) is 4.74 Å². The number of benzene rings is 1. The van der Waals surface area contributed by atoms with Gasteiger partial charge in [0.05, 0.1) is 6.10 Å². The fourth-order valence-corrected chi connectivity index (χ4v) is 2.19. The average Bonchev–Trinajstić information content (AvgIpc) is 2.61. The van der Waals surface area contributed by atoms with Crippen molar-refractivity contribution in [1.82, 2.24) is 15.5 Å². The lowest BCUT2D eigenvalue weighted by molar-refractivity contribution is -0.128. The van der Waals surface area contributed by atoms with Crippen molar-refractivity contribution < 1.29 is 9.53 Å². The molecule has 6 heteroatoms. The molecule has 0 aliphatic carbocycles. The van der Waals surface area contributed by atoms with Gasteiger partial charge in [-0.1, -0.05) is 30.3 Å². The summed E-state index contributed by atoms with van der Waals surface area (Å²) in [6.45, 7) is 6.79. The molecule has 0 saturated carbocycles. The lowest BCUT2D eigenvalue weighted by Gasteiger charge is -2.14. The Morgan fingerprint density at radius 2 is 1.96 bits per heavy atom. The van der Waals surface area contributed by atoms with E-state index in [-0.39, 0.29) is 12.0 Å². The second-order valence-electron chi connectivity index (χ2n) is 6.00. The summed E-state index contributed by atoms with van der Waals surface area (Å²) in [4.78, 5) is 17.7. The number of hydrogen-bond donors (Lipinski definition) is 2. The molecular formula is C19H32N4O2. The highest BCUT2D eigenvalue weighted by Gasteiger charge is 2.05. The smallest absolute Gasteiger partial charge is 0.223 e. The first kappa shape index (κ1) is 21.0. The summed E-state index contributed by atoms with van der Waals surface area (Å²) in [5.41, 5.74) is 1.19. The maximum Gasteiger partial charge on any atom is 0.223 e. The molecule has 0 fully saturated rings. The molecule has 1 atom stereocenters. The predicted molar refractivity (Wildman–Crippen MR) is 103 cm³/mol. The molecule has 0 spiro atoms. The molecule has 0 aliphatic heterocycles. The Bertz CT molecular complexity index is 517. The van der Waals surface area contributed by atoms with Crippen LogP contribution in [0.1, 0.15) is 38.4 Å². The van der Waals surface area contributed by atoms with E-state index in [1.165, 1.54) is 5.56 Å². The van der Waals surface area contributed by atoms with E-state index in [0.29, 0.717) is 26.1 Å². The van der Waals surface area contributed by atoms with Gasteiger partial charge in [-0.25, -0.2) is 0 Å². The molecule has 2 N–H and O–H groups in total. The van der Waals surface area contributed by atoms with E-state index in [9.17, 15) is 4.79 Å². The molecular weight excluding hydrogens is 316 g/mol. The quantitative estimate of drug-likeness (QED) is 0.386. The monoisotopic (exact) mass is 348 g/mol. The van der Waals surface area contributed by atoms with Gasteiger partial charge >= 0.3 is 0 Å². The number of rotatable bonds is 10. The Morgan fingerprint density at radius 1 is 1.24 bits per heavy atom. The minimum Gasteiger partial charge on any atom is -0.374 e. The zero-order chi connectivity index (χ0) is 18.5. The number of guanidine groups is 1. The van der Waals surface area contributed by atoms with Gasteiger partial charge in [0.15, 0.2) is 5.96 Å². The summed E-state index contributed by atoms with van der Waals surface area (Å²) < 4.78 is 5.85. The van der Waals surface area contributed by atoms with Crippen molar-refractivity contribution in [1.29, 1.82) is 0 Å². The lowest BCUT2D eigenvalue weighted by Crippen LogP contribution is -2.39. The van der Waals surface area contributed by atoms with E-state index in [1.807, 2.05) is 25.1 Å². The van der Waals surface area contributed by atoms with Gasteiger partial charge in [0.25, 0.3) is 0 Å². The molecule has 1 amide bonds. The van der Waals surface area contributed by atoms with Crippen LogP contribution in [0.5, 0.6) is 0 Å². The molecule has 0 saturated heterocycles. The van der Waals surface area contributed by atoms with E-state index >= 15 is 0 Å². The Balaban J connectivity index is 2.26. The minimum absolute atomic E-state index is 0.0913. The van der Waals surface area contributed by atoms with Crippen LogP contribution in [-0.4, -0.2) is 57.1 Å². The molecule has 1 rings (SSSR count). The molecule has 0 aliphatic rings. The molecule has 0 radical (unpaired) electrons. The summed E-state index contributed by atoms with van der Waals surface area (Å²) in [6, 6.07) is 10.2. The average molecular weight is 348 g/mol. The maximum absolute atomic E-state index is 11.6. The molecule has 1 unspecified atom stereocenters. The van der Waals surface area contributed by atoms with Crippen molar-refractivity contribution in [3.8, 4) is 0 Å². The van der Waals surface area contributed by atoms with E-state index in [1.54, 1.807) is 19.0 Å². The summed E-state index contributed by atoms with van der Waals surface area (Å²) >= 11 is 0. The summed E-state index contributed by atoms with van der Waals surface area (Å²) in [5.74, 6) is 0.844. The van der Waals surface area contributed by atoms with Crippen LogP contribution < -0.4 is 10.6 Å². The van der Waals surface area contributed by atoms with Crippen LogP contribution >= 0.6 is 0 Å². The van der Waals surface area contributed by atoms with E-state index < -0.39 is 0 Å². The van der Waals surface area contributed by atoms with Crippen molar-refractivity contribution in [2.75, 3.05) is 40.3 Å². The maximum atomic E-state index is 11.6. The van der Waals surface area contributed by atoms with Crippen LogP contribution in [0.15, 0.2) is 35.3 Å². The number of hydrogen-bond acceptors (Lipinski definition) is 3. The lowest BCUT2D eigenvalue weighted by atomic mass is 10.1. The Morgan fingerprint density at radius 3 is 2.60 bits per heavy atom. The SMILES string of the molecule is CCNC(=NCCCOC(C)c1ccccc1)NCCC(=O)N(C)C. The van der Waals surface area contributed by atoms with Crippen LogP contribution in [0.3, 0.4) is 0 Å². The highest BCUT2D eigenvalue weighted by molar-refractivity contribution is 5.81. The van der Waals surface area contributed by atoms with Crippen molar-refractivity contribution >= 4 is 11.9 Å². The van der Waals surface area contributed by atoms with Gasteiger partial charge in [0, 0.05) is 46.8 Å². The van der Waals surface area contributed by atoms with Crippen molar-refractivity contribution in [3.63, 3.8) is 0 Å². The molecule has 0 bridgehead atoms. The number of amides is 1. The van der Waals surface area contributed by atoms with Crippen LogP contribution in [0.2, 0.25) is 0 Å². The highest BCUT2D eigenvalue weighted by atomic mass is 16.5. The zero-order valence-electron chi connectivity index (χ0n) is 15.9. The molecule has 25 heavy (non-hydrogen) atoms. The summed E-state index contributed by atoms with van der Waals surface area (Å²) in [5, 5.41) is 6.37. The van der Waals surface area contributed by atoms with Gasteiger partial charge in [-0.3, -0.25) is 9.79 Å². The highest BCUT2D eigenvalue weighted by Crippen LogP contribution is 2.15. The number of carbonyl (C=O) groups is 1. The molecule has 0 heterocycles. The number of nitrogens with one attached hydrogen (secondary N) is 2. The zero-order valence-corrected chi connectivity index (χ0v) is 15.9. The molecule has 140 valence electrons. The Hall–Kier alpha value is -2.08. The number of nitrogens with zero attached hydrogens (tertiary/aromatic N) is 2. The van der Waals surface area contributed by atoms with Crippen molar-refractivity contribution in [2.45, 2.75) is 32.8 Å². The first-order valence-corrected chi connectivity index (χ1v) is 8.93. The van der Waals surface area contributed by atoms with Crippen molar-refractivity contribution in [3.05, 3.63) is 35.9 Å². The van der Waals surface area contributed by atoms with Crippen molar-refractivity contribution in [2.24, 2.45) is 4.99 Å². The number of ether oxygens (including phenoxy) is 1. The largest absolute Gasteiger partial charge is 0.374 e. The predicted octanol–water partition coefficient (Wildman–Crippen LogP) is 2.19. The third-order valence-electron chi connectivity index (χ3n) is 3.68. The van der Waals surface area contributed by atoms with Crippen LogP contribution in [0.25, 0.3) is 0 Å². The molecule has 0 aromatic heterocycles. The number of aliphatic imine (C=N–C) groups is 1. The van der Waals surface area contributed by atoms with Gasteiger partial charge in [-0.05, 0) is 25.8 Å². The fraction of sp³-hybridized carbons (Fsp3) is 0.579. The van der Waals surface area contributed by atoms with Crippen LogP contribution in [-0.2, 0) is 9.53 Å². The van der Waals surface area contributed by atoms with E-state index in [0.717, 1.165) is 18.9 Å². The van der Waals surface area contributed by atoms with Gasteiger partial charge < -0.3 is 20.3 Å². The molecule has 6 nitrogen and oxygen atoms in total. The fourth-order valence-electron chi connectivity index (χ4n) is 2.19. The van der Waals surface area contributed by atoms with E-state index in [2.05, 4.69) is 34.7 Å². The summed E-state index contributed by atoms with van der Waals surface area (Å²) in [6.07, 6.45) is 1.40. The van der Waals surface area contributed by atoms with Crippen LogP contribution in [0, 0.1) is 0 Å². The third-order valence-corrected chi connectivity index (χ3v) is 3.68. The third kappa shape index (κ3) is 9.10. The van der Waals surface area contributed by atoms with Gasteiger partial charge in [0.2, 0.25) is 5.91 Å². The van der Waals surface area contributed by atoms with Gasteiger partial charge in [-0.15, -0.1) is 0 Å². The van der Waals surface area contributed by atoms with Crippen LogP contribution in [0.4, 0.5) is 0 Å². The second-order valence-corrected chi connectivity index (χ2v) is 6.00. The Labute approximate surface area is 151 Å². The Kier molecular flexibility index (Phi) is 10.3. The normalized spacial score (nSPS) is 12.6. The van der Waals surface area contributed by atoms with Gasteiger partial charge in [0.1, 0.15) is 0 Å². The first-order valence-electron chi connectivity index (χ1n) is 8.93. The first-order chi connectivity index (χ1) is 12.0. The topological polar surface area (TPSA) is 66.0 Å². The second kappa shape index (κ2) is 12.3. The molecule has 1 aromatic carbocycles. The summed E-state index contributed by atoms with van der Waals surface area (Å²) in [7, 11) is 3.52. The minimum atomic E-state index is 0.0913.